The van der Waals surface area contributed by atoms with Gasteiger partial charge in [0.1, 0.15) is 0 Å². The zero-order chi connectivity index (χ0) is 9.42. The summed E-state index contributed by atoms with van der Waals surface area (Å²) >= 11 is 5.80. The molecular formula is C9H9ClN2O. The lowest BCUT2D eigenvalue weighted by atomic mass is 10.1. The number of β-lactam (4-membered cyclic amide) rings is 1. The molecule has 1 aliphatic rings. The van der Waals surface area contributed by atoms with Crippen molar-refractivity contribution >= 4 is 28.9 Å². The Hall–Kier alpha value is -1.22. The zero-order valence-electron chi connectivity index (χ0n) is 6.96. The number of rotatable bonds is 1. The lowest BCUT2D eigenvalue weighted by molar-refractivity contribution is -0.122. The molecular weight excluding hydrogens is 188 g/mol. The summed E-state index contributed by atoms with van der Waals surface area (Å²) in [5, 5.41) is 0.601. The third kappa shape index (κ3) is 1.35. The zero-order valence-corrected chi connectivity index (χ0v) is 7.71. The quantitative estimate of drug-likeness (QED) is 0.549. The Morgan fingerprint density at radius 3 is 2.77 bits per heavy atom. The first kappa shape index (κ1) is 8.38. The number of hydrogen-bond acceptors (Lipinski definition) is 2. The maximum atomic E-state index is 11.1. The number of nitrogens with two attached hydrogens (primary N) is 1. The lowest BCUT2D eigenvalue weighted by Crippen LogP contribution is -2.43. The number of amides is 1. The molecule has 4 heteroatoms. The second kappa shape index (κ2) is 2.92. The number of carbonyl (C=O) groups is 1. The van der Waals surface area contributed by atoms with Gasteiger partial charge in [-0.2, -0.15) is 0 Å². The molecule has 1 saturated heterocycles. The molecule has 2 N–H and O–H groups in total. The van der Waals surface area contributed by atoms with Gasteiger partial charge in [-0.05, 0) is 18.2 Å². The Bertz CT molecular complexity index is 365. The highest BCUT2D eigenvalue weighted by Crippen LogP contribution is 2.30. The number of nitrogen functional groups attached to an aromatic ring is 1. The second-order valence-corrected chi connectivity index (χ2v) is 3.43. The van der Waals surface area contributed by atoms with E-state index in [0.717, 1.165) is 12.2 Å². The Labute approximate surface area is 81.1 Å². The molecule has 13 heavy (non-hydrogen) atoms. The van der Waals surface area contributed by atoms with Gasteiger partial charge in [-0.25, -0.2) is 0 Å². The predicted octanol–water partition coefficient (Wildman–Crippen LogP) is 1.66. The van der Waals surface area contributed by atoms with E-state index in [1.54, 1.807) is 23.1 Å². The van der Waals surface area contributed by atoms with Crippen molar-refractivity contribution in [3.63, 3.8) is 0 Å². The van der Waals surface area contributed by atoms with E-state index in [1.807, 2.05) is 0 Å². The molecule has 68 valence electrons. The van der Waals surface area contributed by atoms with Gasteiger partial charge >= 0.3 is 0 Å². The fourth-order valence-electron chi connectivity index (χ4n) is 1.32. The number of benzene rings is 1. The smallest absolute Gasteiger partial charge is 0.228 e. The topological polar surface area (TPSA) is 46.3 Å². The molecule has 0 atom stereocenters. The summed E-state index contributed by atoms with van der Waals surface area (Å²) in [5.41, 5.74) is 7.03. The van der Waals surface area contributed by atoms with E-state index >= 15 is 0 Å². The van der Waals surface area contributed by atoms with Gasteiger partial charge in [0.05, 0.1) is 11.4 Å². The van der Waals surface area contributed by atoms with Crippen molar-refractivity contribution in [1.29, 1.82) is 0 Å². The number of hydrogen-bond donors (Lipinski definition) is 1. The van der Waals surface area contributed by atoms with Gasteiger partial charge in [-0.15, -0.1) is 0 Å². The maximum Gasteiger partial charge on any atom is 0.228 e. The van der Waals surface area contributed by atoms with Gasteiger partial charge < -0.3 is 10.6 Å². The molecule has 0 radical (unpaired) electrons. The molecule has 1 aromatic rings. The molecule has 1 amide bonds. The Kier molecular flexibility index (Phi) is 1.88. The Morgan fingerprint density at radius 2 is 2.23 bits per heavy atom. The van der Waals surface area contributed by atoms with E-state index in [4.69, 9.17) is 17.3 Å². The van der Waals surface area contributed by atoms with Crippen LogP contribution in [0.15, 0.2) is 18.2 Å². The fraction of sp³-hybridized carbons (Fsp3) is 0.222. The summed E-state index contributed by atoms with van der Waals surface area (Å²) < 4.78 is 0. The molecule has 1 aliphatic heterocycles. The normalized spacial score (nSPS) is 15.8. The first-order valence-corrected chi connectivity index (χ1v) is 4.41. The summed E-state index contributed by atoms with van der Waals surface area (Å²) in [5.74, 6) is 0.106. The van der Waals surface area contributed by atoms with Crippen LogP contribution >= 0.6 is 11.6 Å². The molecule has 0 aromatic heterocycles. The molecule has 0 saturated carbocycles. The average molecular weight is 197 g/mol. The minimum absolute atomic E-state index is 0.106. The molecule has 1 aromatic carbocycles. The van der Waals surface area contributed by atoms with Crippen molar-refractivity contribution in [3.8, 4) is 0 Å². The van der Waals surface area contributed by atoms with E-state index in [-0.39, 0.29) is 5.91 Å². The number of nitrogens with zero attached hydrogens (tertiary/aromatic N) is 1. The molecule has 0 spiro atoms. The monoisotopic (exact) mass is 196 g/mol. The van der Waals surface area contributed by atoms with Crippen LogP contribution in [0, 0.1) is 0 Å². The van der Waals surface area contributed by atoms with E-state index in [2.05, 4.69) is 0 Å². The minimum Gasteiger partial charge on any atom is -0.397 e. The molecule has 1 fully saturated rings. The molecule has 0 unspecified atom stereocenters. The van der Waals surface area contributed by atoms with E-state index in [9.17, 15) is 4.79 Å². The summed E-state index contributed by atoms with van der Waals surface area (Å²) in [7, 11) is 0. The molecule has 3 nitrogen and oxygen atoms in total. The summed E-state index contributed by atoms with van der Waals surface area (Å²) in [6, 6.07) is 5.14. The van der Waals surface area contributed by atoms with Crippen LogP contribution in [0.2, 0.25) is 5.02 Å². The number of halogens is 1. The van der Waals surface area contributed by atoms with Gasteiger partial charge in [0.25, 0.3) is 0 Å². The molecule has 2 rings (SSSR count). The largest absolute Gasteiger partial charge is 0.397 e. The summed E-state index contributed by atoms with van der Waals surface area (Å²) in [6.45, 7) is 0.739. The van der Waals surface area contributed by atoms with Crippen LogP contribution in [0.5, 0.6) is 0 Å². The highest BCUT2D eigenvalue weighted by molar-refractivity contribution is 6.31. The Morgan fingerprint density at radius 1 is 1.46 bits per heavy atom. The van der Waals surface area contributed by atoms with Crippen LogP contribution in [-0.2, 0) is 4.79 Å². The summed E-state index contributed by atoms with van der Waals surface area (Å²) in [4.78, 5) is 12.8. The van der Waals surface area contributed by atoms with Gasteiger partial charge in [0, 0.05) is 18.0 Å². The maximum absolute atomic E-state index is 11.1. The third-order valence-corrected chi connectivity index (χ3v) is 2.37. The van der Waals surface area contributed by atoms with Crippen LogP contribution in [0.4, 0.5) is 11.4 Å². The van der Waals surface area contributed by atoms with Crippen molar-refractivity contribution in [2.24, 2.45) is 0 Å². The molecule has 1 heterocycles. The van der Waals surface area contributed by atoms with E-state index in [0.29, 0.717) is 17.1 Å². The third-order valence-electron chi connectivity index (χ3n) is 2.13. The van der Waals surface area contributed by atoms with Gasteiger partial charge in [0.15, 0.2) is 0 Å². The SMILES string of the molecule is Nc1ccc(Cl)cc1N1CCC1=O. The van der Waals surface area contributed by atoms with Crippen molar-refractivity contribution in [2.45, 2.75) is 6.42 Å². The van der Waals surface area contributed by atoms with Crippen LogP contribution in [0.3, 0.4) is 0 Å². The van der Waals surface area contributed by atoms with Crippen molar-refractivity contribution in [2.75, 3.05) is 17.2 Å². The first-order valence-electron chi connectivity index (χ1n) is 4.04. The van der Waals surface area contributed by atoms with Crippen molar-refractivity contribution in [3.05, 3.63) is 23.2 Å². The van der Waals surface area contributed by atoms with E-state index < -0.39 is 0 Å². The van der Waals surface area contributed by atoms with Crippen LogP contribution in [-0.4, -0.2) is 12.5 Å². The fourth-order valence-corrected chi connectivity index (χ4v) is 1.49. The standard InChI is InChI=1S/C9H9ClN2O/c10-6-1-2-7(11)8(5-6)12-4-3-9(12)13/h1-2,5H,3-4,11H2. The van der Waals surface area contributed by atoms with Crippen molar-refractivity contribution in [1.82, 2.24) is 0 Å². The lowest BCUT2D eigenvalue weighted by Gasteiger charge is -2.31. The van der Waals surface area contributed by atoms with Gasteiger partial charge in [-0.1, -0.05) is 11.6 Å². The number of carbonyl (C=O) groups excluding carboxylic acids is 1. The first-order chi connectivity index (χ1) is 6.18. The van der Waals surface area contributed by atoms with E-state index in [1.165, 1.54) is 0 Å². The van der Waals surface area contributed by atoms with Gasteiger partial charge in [-0.3, -0.25) is 4.79 Å². The average Bonchev–Trinajstić information content (AvgIpc) is 2.09. The number of anilines is 2. The Balaban J connectivity index is 2.38. The molecule has 0 aliphatic carbocycles. The van der Waals surface area contributed by atoms with Crippen LogP contribution in [0.25, 0.3) is 0 Å². The highest BCUT2D eigenvalue weighted by atomic mass is 35.5. The predicted molar refractivity (Wildman–Crippen MR) is 52.8 cm³/mol. The van der Waals surface area contributed by atoms with Crippen LogP contribution in [0.1, 0.15) is 6.42 Å². The van der Waals surface area contributed by atoms with Gasteiger partial charge in [0.2, 0.25) is 5.91 Å². The summed E-state index contributed by atoms with van der Waals surface area (Å²) in [6.07, 6.45) is 0.603. The second-order valence-electron chi connectivity index (χ2n) is 3.00. The molecule has 0 bridgehead atoms. The van der Waals surface area contributed by atoms with Crippen molar-refractivity contribution < 1.29 is 4.79 Å². The highest BCUT2D eigenvalue weighted by Gasteiger charge is 2.26. The van der Waals surface area contributed by atoms with Crippen LogP contribution < -0.4 is 10.6 Å². The minimum atomic E-state index is 0.106.